The van der Waals surface area contributed by atoms with E-state index in [0.29, 0.717) is 21.3 Å². The first-order chi connectivity index (χ1) is 17.4. The Kier molecular flexibility index (Phi) is 10.9. The molecule has 0 aliphatic rings. The molecule has 3 aromatic rings. The first-order valence-electron chi connectivity index (χ1n) is 11.1. The van der Waals surface area contributed by atoms with Gasteiger partial charge in [-0.3, -0.25) is 20.0 Å². The maximum absolute atomic E-state index is 13.3. The van der Waals surface area contributed by atoms with Crippen molar-refractivity contribution in [2.24, 2.45) is 0 Å². The number of H-pyrrole nitrogens is 1. The van der Waals surface area contributed by atoms with Crippen molar-refractivity contribution in [3.8, 4) is 0 Å². The summed E-state index contributed by atoms with van der Waals surface area (Å²) >= 11 is 7.68. The molecule has 0 unspecified atom stereocenters. The summed E-state index contributed by atoms with van der Waals surface area (Å²) in [6, 6.07) is 16.8. The van der Waals surface area contributed by atoms with Gasteiger partial charge in [-0.2, -0.15) is 11.8 Å². The predicted octanol–water partition coefficient (Wildman–Crippen LogP) is 3.91. The maximum atomic E-state index is 13.3. The summed E-state index contributed by atoms with van der Waals surface area (Å²) in [6.45, 7) is 0.0702. The van der Waals surface area contributed by atoms with Crippen LogP contribution >= 0.6 is 35.3 Å². The van der Waals surface area contributed by atoms with E-state index in [1.807, 2.05) is 66.9 Å². The number of alkyl carbamates (subject to hydrolysis) is 1. The van der Waals surface area contributed by atoms with Crippen LogP contribution in [0.5, 0.6) is 0 Å². The fourth-order valence-electron chi connectivity index (χ4n) is 3.22. The van der Waals surface area contributed by atoms with Crippen LogP contribution in [0.25, 0.3) is 0 Å². The van der Waals surface area contributed by atoms with Gasteiger partial charge in [0.2, 0.25) is 16.9 Å². The molecule has 0 aliphatic carbocycles. The number of nitrogens with one attached hydrogen (secondary N) is 4. The molecule has 9 nitrogen and oxygen atoms in total. The summed E-state index contributed by atoms with van der Waals surface area (Å²) in [7, 11) is 0. The smallest absolute Gasteiger partial charge is 0.408 e. The first kappa shape index (κ1) is 27.4. The molecule has 0 bridgehead atoms. The van der Waals surface area contributed by atoms with Crippen molar-refractivity contribution in [3.63, 3.8) is 0 Å². The molecule has 0 radical (unpaired) electrons. The molecule has 3 rings (SSSR count). The highest BCUT2D eigenvalue weighted by Gasteiger charge is 2.28. The number of carbonyl (C=O) groups is 3. The normalized spacial score (nSPS) is 12.2. The number of anilines is 1. The van der Waals surface area contributed by atoms with E-state index >= 15 is 0 Å². The van der Waals surface area contributed by atoms with E-state index < -0.39 is 30.0 Å². The third-order valence-electron chi connectivity index (χ3n) is 5.02. The lowest BCUT2D eigenvalue weighted by Crippen LogP contribution is -2.53. The molecule has 36 heavy (non-hydrogen) atoms. The van der Waals surface area contributed by atoms with Crippen molar-refractivity contribution >= 4 is 58.4 Å². The fraction of sp³-hybridized carbons (Fsp3) is 0.292. The second-order valence-electron chi connectivity index (χ2n) is 7.70. The van der Waals surface area contributed by atoms with Gasteiger partial charge in [0.25, 0.3) is 0 Å². The molecular weight excluding hydrogens is 518 g/mol. The van der Waals surface area contributed by atoms with E-state index in [2.05, 4.69) is 26.1 Å². The van der Waals surface area contributed by atoms with E-state index in [-0.39, 0.29) is 13.0 Å². The van der Waals surface area contributed by atoms with Gasteiger partial charge in [-0.25, -0.2) is 4.79 Å². The Morgan fingerprint density at radius 1 is 1.00 bits per heavy atom. The van der Waals surface area contributed by atoms with Crippen molar-refractivity contribution in [2.45, 2.75) is 31.5 Å². The zero-order valence-corrected chi connectivity index (χ0v) is 22.0. The summed E-state index contributed by atoms with van der Waals surface area (Å²) in [5.41, 5.74) is 1.68. The third-order valence-corrected chi connectivity index (χ3v) is 6.66. The Balaban J connectivity index is 1.69. The van der Waals surface area contributed by atoms with Gasteiger partial charge < -0.3 is 15.4 Å². The molecule has 0 spiro atoms. The molecular formula is C24H27N5O4S3. The van der Waals surface area contributed by atoms with Crippen molar-refractivity contribution in [1.82, 2.24) is 20.8 Å². The van der Waals surface area contributed by atoms with Crippen LogP contribution in [-0.2, 0) is 27.4 Å². The Morgan fingerprint density at radius 2 is 1.67 bits per heavy atom. The van der Waals surface area contributed by atoms with Gasteiger partial charge in [-0.1, -0.05) is 72.0 Å². The maximum Gasteiger partial charge on any atom is 0.408 e. The summed E-state index contributed by atoms with van der Waals surface area (Å²) in [6.07, 6.45) is 1.81. The van der Waals surface area contributed by atoms with E-state index in [9.17, 15) is 14.4 Å². The highest BCUT2D eigenvalue weighted by atomic mass is 32.2. The quantitative estimate of drug-likeness (QED) is 0.254. The lowest BCUT2D eigenvalue weighted by atomic mass is 10.0. The summed E-state index contributed by atoms with van der Waals surface area (Å²) in [5.74, 6) is -0.267. The summed E-state index contributed by atoms with van der Waals surface area (Å²) < 4.78 is 5.74. The molecule has 3 amide bonds. The van der Waals surface area contributed by atoms with Gasteiger partial charge in [0, 0.05) is 6.42 Å². The Labute approximate surface area is 222 Å². The number of benzene rings is 2. The molecule has 190 valence electrons. The van der Waals surface area contributed by atoms with Crippen LogP contribution in [-0.4, -0.2) is 52.2 Å². The van der Waals surface area contributed by atoms with Crippen LogP contribution in [0.1, 0.15) is 17.5 Å². The number of rotatable bonds is 12. The van der Waals surface area contributed by atoms with Gasteiger partial charge in [0.15, 0.2) is 3.95 Å². The average molecular weight is 546 g/mol. The van der Waals surface area contributed by atoms with Gasteiger partial charge in [-0.05, 0) is 41.8 Å². The van der Waals surface area contributed by atoms with Gasteiger partial charge >= 0.3 is 6.09 Å². The minimum absolute atomic E-state index is 0.0702. The van der Waals surface area contributed by atoms with Crippen molar-refractivity contribution in [3.05, 3.63) is 75.7 Å². The standard InChI is InChI=1S/C24H27N5O4S3/c1-35-13-12-18(20(30)27-22-28-29-24(34)36-22)25-21(31)19(14-16-8-4-2-5-9-16)26-23(32)33-15-17-10-6-3-7-11-17/h2-11,18-19H,12-15H2,1H3,(H,25,31)(H,26,32)(H,29,34)(H,27,28,30)/t18-,19-/m0/s1. The van der Waals surface area contributed by atoms with Crippen molar-refractivity contribution in [1.29, 1.82) is 0 Å². The topological polar surface area (TPSA) is 125 Å². The van der Waals surface area contributed by atoms with E-state index in [1.165, 1.54) is 0 Å². The number of aromatic amines is 1. The number of hydrogen-bond acceptors (Lipinski definition) is 8. The lowest BCUT2D eigenvalue weighted by Gasteiger charge is -2.23. The highest BCUT2D eigenvalue weighted by Crippen LogP contribution is 2.13. The number of thioether (sulfide) groups is 1. The predicted molar refractivity (Wildman–Crippen MR) is 145 cm³/mol. The molecule has 1 heterocycles. The number of carbonyl (C=O) groups excluding carboxylic acids is 3. The van der Waals surface area contributed by atoms with Gasteiger partial charge in [0.1, 0.15) is 18.7 Å². The van der Waals surface area contributed by atoms with E-state index in [1.54, 1.807) is 11.8 Å². The lowest BCUT2D eigenvalue weighted by molar-refractivity contribution is -0.127. The van der Waals surface area contributed by atoms with Crippen molar-refractivity contribution in [2.75, 3.05) is 17.3 Å². The van der Waals surface area contributed by atoms with Crippen LogP contribution in [0.4, 0.5) is 9.93 Å². The van der Waals surface area contributed by atoms with Crippen molar-refractivity contribution < 1.29 is 19.1 Å². The second kappa shape index (κ2) is 14.4. The number of amides is 3. The van der Waals surface area contributed by atoms with Crippen LogP contribution in [0.15, 0.2) is 60.7 Å². The Hall–Kier alpha value is -3.22. The molecule has 2 atom stereocenters. The number of nitrogens with zero attached hydrogens (tertiary/aromatic N) is 1. The first-order valence-corrected chi connectivity index (χ1v) is 13.7. The van der Waals surface area contributed by atoms with Crippen LogP contribution in [0.3, 0.4) is 0 Å². The third kappa shape index (κ3) is 9.10. The summed E-state index contributed by atoms with van der Waals surface area (Å²) in [4.78, 5) is 38.7. The largest absolute Gasteiger partial charge is 0.445 e. The average Bonchev–Trinajstić information content (AvgIpc) is 3.30. The summed E-state index contributed by atoms with van der Waals surface area (Å²) in [5, 5.41) is 15.0. The molecule has 0 fully saturated rings. The highest BCUT2D eigenvalue weighted by molar-refractivity contribution is 7.98. The second-order valence-corrected chi connectivity index (χ2v) is 10.3. The molecule has 1 aromatic heterocycles. The molecule has 12 heteroatoms. The zero-order chi connectivity index (χ0) is 25.8. The number of hydrogen-bond donors (Lipinski definition) is 4. The Bertz CT molecular complexity index is 1190. The SMILES string of the molecule is CSCC[C@H](NC(=O)[C@H](Cc1ccccc1)NC(=O)OCc1ccccc1)C(=O)Nc1n[nH]c(=S)s1. The number of ether oxygens (including phenoxy) is 1. The minimum atomic E-state index is -0.951. The monoisotopic (exact) mass is 545 g/mol. The van der Waals surface area contributed by atoms with Gasteiger partial charge in [-0.15, -0.1) is 5.10 Å². The molecule has 2 aromatic carbocycles. The fourth-order valence-corrected chi connectivity index (χ4v) is 4.48. The zero-order valence-electron chi connectivity index (χ0n) is 19.6. The van der Waals surface area contributed by atoms with Crippen LogP contribution in [0, 0.1) is 3.95 Å². The van der Waals surface area contributed by atoms with E-state index in [0.717, 1.165) is 22.5 Å². The van der Waals surface area contributed by atoms with Crippen LogP contribution in [0.2, 0.25) is 0 Å². The molecule has 0 saturated carbocycles. The minimum Gasteiger partial charge on any atom is -0.445 e. The van der Waals surface area contributed by atoms with E-state index in [4.69, 9.17) is 17.0 Å². The number of aromatic nitrogens is 2. The van der Waals surface area contributed by atoms with Crippen LogP contribution < -0.4 is 16.0 Å². The Morgan fingerprint density at radius 3 is 2.28 bits per heavy atom. The molecule has 0 aliphatic heterocycles. The molecule has 4 N–H and O–H groups in total. The van der Waals surface area contributed by atoms with Gasteiger partial charge in [0.05, 0.1) is 0 Å². The molecule has 0 saturated heterocycles.